The summed E-state index contributed by atoms with van der Waals surface area (Å²) in [4.78, 5) is 38.1. The molecule has 0 unspecified atom stereocenters. The van der Waals surface area contributed by atoms with E-state index < -0.39 is 0 Å². The van der Waals surface area contributed by atoms with E-state index in [0.717, 1.165) is 11.3 Å². The quantitative estimate of drug-likeness (QED) is 0.713. The van der Waals surface area contributed by atoms with E-state index >= 15 is 0 Å². The van der Waals surface area contributed by atoms with Crippen LogP contribution >= 0.6 is 0 Å². The van der Waals surface area contributed by atoms with Gasteiger partial charge in [-0.15, -0.1) is 0 Å². The van der Waals surface area contributed by atoms with Gasteiger partial charge in [0.15, 0.2) is 0 Å². The fourth-order valence-electron chi connectivity index (χ4n) is 3.26. The molecule has 0 radical (unpaired) electrons. The van der Waals surface area contributed by atoms with Crippen molar-refractivity contribution in [3.63, 3.8) is 0 Å². The summed E-state index contributed by atoms with van der Waals surface area (Å²) in [6, 6.07) is 14.3. The van der Waals surface area contributed by atoms with Crippen LogP contribution in [0, 0.1) is 0 Å². The number of nitrogens with zero attached hydrogens (tertiary/aromatic N) is 1. The van der Waals surface area contributed by atoms with E-state index in [1.165, 1.54) is 4.90 Å². The molecule has 0 fully saturated rings. The van der Waals surface area contributed by atoms with Gasteiger partial charge in [-0.2, -0.15) is 0 Å². The molecule has 6 heteroatoms. The number of hydrogen-bond acceptors (Lipinski definition) is 4. The number of benzene rings is 2. The zero-order chi connectivity index (χ0) is 20.1. The highest BCUT2D eigenvalue weighted by Crippen LogP contribution is 2.23. The average Bonchev–Trinajstić information content (AvgIpc) is 2.94. The Bertz CT molecular complexity index is 841. The Hall–Kier alpha value is -3.15. The number of fused-ring (bicyclic) bond motifs is 1. The minimum absolute atomic E-state index is 0.113. The van der Waals surface area contributed by atoms with Gasteiger partial charge in [-0.3, -0.25) is 19.3 Å². The van der Waals surface area contributed by atoms with Crippen molar-refractivity contribution in [2.75, 3.05) is 13.2 Å². The lowest BCUT2D eigenvalue weighted by molar-refractivity contribution is -0.121. The summed E-state index contributed by atoms with van der Waals surface area (Å²) in [5.41, 5.74) is 1.85. The third-order valence-electron chi connectivity index (χ3n) is 4.73. The van der Waals surface area contributed by atoms with Gasteiger partial charge < -0.3 is 10.1 Å². The van der Waals surface area contributed by atoms with Crippen molar-refractivity contribution in [2.45, 2.75) is 32.7 Å². The summed E-state index contributed by atoms with van der Waals surface area (Å²) in [7, 11) is 0. The molecule has 1 N–H and O–H groups in total. The molecule has 146 valence electrons. The number of carbonyl (C=O) groups excluding carboxylic acids is 3. The van der Waals surface area contributed by atoms with E-state index in [2.05, 4.69) is 5.32 Å². The van der Waals surface area contributed by atoms with Crippen molar-refractivity contribution >= 4 is 17.7 Å². The largest absolute Gasteiger partial charge is 0.494 e. The van der Waals surface area contributed by atoms with Crippen LogP contribution in [-0.2, 0) is 4.79 Å². The van der Waals surface area contributed by atoms with Crippen LogP contribution in [0.4, 0.5) is 0 Å². The smallest absolute Gasteiger partial charge is 0.261 e. The maximum absolute atomic E-state index is 12.3. The molecule has 1 aliphatic heterocycles. The lowest BCUT2D eigenvalue weighted by atomic mass is 10.1. The highest BCUT2D eigenvalue weighted by molar-refractivity contribution is 6.21. The highest BCUT2D eigenvalue weighted by Gasteiger charge is 2.34. The van der Waals surface area contributed by atoms with Gasteiger partial charge in [0.25, 0.3) is 11.8 Å². The maximum Gasteiger partial charge on any atom is 0.261 e. The fourth-order valence-corrected chi connectivity index (χ4v) is 3.26. The normalized spacial score (nSPS) is 14.0. The number of imide groups is 1. The number of rotatable bonds is 8. The van der Waals surface area contributed by atoms with Gasteiger partial charge in [-0.25, -0.2) is 0 Å². The average molecular weight is 380 g/mol. The van der Waals surface area contributed by atoms with E-state index in [1.807, 2.05) is 38.1 Å². The molecule has 0 bridgehead atoms. The predicted octanol–water partition coefficient (Wildman–Crippen LogP) is 3.34. The van der Waals surface area contributed by atoms with Gasteiger partial charge in [0.05, 0.1) is 23.8 Å². The molecule has 0 spiro atoms. The van der Waals surface area contributed by atoms with Crippen LogP contribution in [0.25, 0.3) is 0 Å². The van der Waals surface area contributed by atoms with Gasteiger partial charge in [0, 0.05) is 13.0 Å². The molecule has 0 aromatic heterocycles. The Labute approximate surface area is 164 Å². The number of nitrogens with one attached hydrogen (secondary N) is 1. The first-order chi connectivity index (χ1) is 13.5. The van der Waals surface area contributed by atoms with Gasteiger partial charge in [0.1, 0.15) is 5.75 Å². The fraction of sp³-hybridized carbons (Fsp3) is 0.318. The predicted molar refractivity (Wildman–Crippen MR) is 105 cm³/mol. The first-order valence-corrected chi connectivity index (χ1v) is 9.48. The molecular weight excluding hydrogens is 356 g/mol. The molecule has 2 aromatic rings. The summed E-state index contributed by atoms with van der Waals surface area (Å²) in [5, 5.41) is 2.94. The van der Waals surface area contributed by atoms with Gasteiger partial charge >= 0.3 is 0 Å². The van der Waals surface area contributed by atoms with Crippen molar-refractivity contribution in [3.05, 3.63) is 65.2 Å². The minimum atomic E-state index is -0.288. The zero-order valence-corrected chi connectivity index (χ0v) is 16.1. The Morgan fingerprint density at radius 2 is 1.64 bits per heavy atom. The van der Waals surface area contributed by atoms with Gasteiger partial charge in [0.2, 0.25) is 5.91 Å². The first kappa shape index (κ1) is 19.6. The second kappa shape index (κ2) is 8.69. The molecule has 3 rings (SSSR count). The Morgan fingerprint density at radius 1 is 1.04 bits per heavy atom. The molecule has 1 atom stereocenters. The van der Waals surface area contributed by atoms with E-state index in [9.17, 15) is 14.4 Å². The standard InChI is InChI=1S/C22H24N2O4/c1-3-28-17-12-10-16(11-13-17)15(2)23-20(25)9-6-14-24-21(26)18-7-4-5-8-19(18)22(24)27/h4-5,7-8,10-13,15H,3,6,9,14H2,1-2H3,(H,23,25)/t15-/m1/s1. The SMILES string of the molecule is CCOc1ccc([C@@H](C)NC(=O)CCCN2C(=O)c3ccccc3C2=O)cc1. The Balaban J connectivity index is 1.47. The molecule has 1 aliphatic rings. The van der Waals surface area contributed by atoms with Crippen LogP contribution in [0.15, 0.2) is 48.5 Å². The molecule has 2 aromatic carbocycles. The Kier molecular flexibility index (Phi) is 6.09. The molecule has 0 saturated carbocycles. The number of carbonyl (C=O) groups is 3. The highest BCUT2D eigenvalue weighted by atomic mass is 16.5. The molecule has 0 saturated heterocycles. The summed E-state index contributed by atoms with van der Waals surface area (Å²) in [6.07, 6.45) is 0.669. The van der Waals surface area contributed by atoms with Crippen molar-refractivity contribution in [3.8, 4) is 5.75 Å². The Morgan fingerprint density at radius 3 is 2.21 bits per heavy atom. The van der Waals surface area contributed by atoms with Gasteiger partial charge in [-0.05, 0) is 50.1 Å². The summed E-state index contributed by atoms with van der Waals surface area (Å²) < 4.78 is 5.42. The maximum atomic E-state index is 12.3. The lowest BCUT2D eigenvalue weighted by Gasteiger charge is -2.16. The summed E-state index contributed by atoms with van der Waals surface area (Å²) in [6.45, 7) is 4.69. The van der Waals surface area contributed by atoms with Crippen molar-refractivity contribution in [1.29, 1.82) is 0 Å². The summed E-state index contributed by atoms with van der Waals surface area (Å²) >= 11 is 0. The van der Waals surface area contributed by atoms with Gasteiger partial charge in [-0.1, -0.05) is 24.3 Å². The topological polar surface area (TPSA) is 75.7 Å². The molecule has 0 aliphatic carbocycles. The number of ether oxygens (including phenoxy) is 1. The van der Waals surface area contributed by atoms with E-state index in [4.69, 9.17) is 4.74 Å². The number of hydrogen-bond donors (Lipinski definition) is 1. The van der Waals surface area contributed by atoms with Crippen LogP contribution in [-0.4, -0.2) is 35.8 Å². The van der Waals surface area contributed by atoms with E-state index in [1.54, 1.807) is 24.3 Å². The van der Waals surface area contributed by atoms with E-state index in [0.29, 0.717) is 24.2 Å². The van der Waals surface area contributed by atoms with Crippen LogP contribution < -0.4 is 10.1 Å². The minimum Gasteiger partial charge on any atom is -0.494 e. The van der Waals surface area contributed by atoms with Crippen molar-refractivity contribution < 1.29 is 19.1 Å². The van der Waals surface area contributed by atoms with Crippen LogP contribution in [0.3, 0.4) is 0 Å². The monoisotopic (exact) mass is 380 g/mol. The van der Waals surface area contributed by atoms with Crippen molar-refractivity contribution in [2.24, 2.45) is 0 Å². The molecular formula is C22H24N2O4. The lowest BCUT2D eigenvalue weighted by Crippen LogP contribution is -2.32. The van der Waals surface area contributed by atoms with Crippen LogP contribution in [0.5, 0.6) is 5.75 Å². The second-order valence-electron chi connectivity index (χ2n) is 6.70. The van der Waals surface area contributed by atoms with Crippen molar-refractivity contribution in [1.82, 2.24) is 10.2 Å². The van der Waals surface area contributed by atoms with E-state index in [-0.39, 0.29) is 36.7 Å². The molecule has 1 heterocycles. The second-order valence-corrected chi connectivity index (χ2v) is 6.70. The van der Waals surface area contributed by atoms with Crippen LogP contribution in [0.1, 0.15) is 59.0 Å². The first-order valence-electron chi connectivity index (χ1n) is 9.48. The third kappa shape index (κ3) is 4.22. The number of amides is 3. The summed E-state index contributed by atoms with van der Waals surface area (Å²) in [5.74, 6) is 0.108. The zero-order valence-electron chi connectivity index (χ0n) is 16.1. The molecule has 28 heavy (non-hydrogen) atoms. The third-order valence-corrected chi connectivity index (χ3v) is 4.73. The van der Waals surface area contributed by atoms with Crippen LogP contribution in [0.2, 0.25) is 0 Å². The molecule has 3 amide bonds. The molecule has 6 nitrogen and oxygen atoms in total.